The van der Waals surface area contributed by atoms with Crippen molar-refractivity contribution in [2.24, 2.45) is 0 Å². The number of ether oxygens (including phenoxy) is 2. The quantitative estimate of drug-likeness (QED) is 0.554. The molecule has 34 heavy (non-hydrogen) atoms. The number of aromatic nitrogens is 2. The van der Waals surface area contributed by atoms with E-state index in [1.165, 1.54) is 10.5 Å². The van der Waals surface area contributed by atoms with Gasteiger partial charge in [0.2, 0.25) is 6.79 Å². The van der Waals surface area contributed by atoms with Crippen LogP contribution >= 0.6 is 0 Å². The summed E-state index contributed by atoms with van der Waals surface area (Å²) in [7, 11) is 0. The van der Waals surface area contributed by atoms with Crippen LogP contribution in [0.5, 0.6) is 11.5 Å². The summed E-state index contributed by atoms with van der Waals surface area (Å²) >= 11 is 0. The van der Waals surface area contributed by atoms with Gasteiger partial charge >= 0.3 is 0 Å². The summed E-state index contributed by atoms with van der Waals surface area (Å²) in [4.78, 5) is 22.5. The summed E-state index contributed by atoms with van der Waals surface area (Å²) in [5.41, 5.74) is 2.41. The highest BCUT2D eigenvalue weighted by molar-refractivity contribution is 5.72. The maximum Gasteiger partial charge on any atom is 0.267 e. The summed E-state index contributed by atoms with van der Waals surface area (Å²) in [5.74, 6) is 2.05. The topological polar surface area (TPSA) is 107 Å². The van der Waals surface area contributed by atoms with Crippen molar-refractivity contribution in [3.05, 3.63) is 69.1 Å². The second-order valence-corrected chi connectivity index (χ2v) is 8.27. The van der Waals surface area contributed by atoms with E-state index in [4.69, 9.17) is 14.5 Å². The number of hydrogen-bond acceptors (Lipinski definition) is 8. The third kappa shape index (κ3) is 3.94. The Kier molecular flexibility index (Phi) is 5.62. The zero-order valence-electron chi connectivity index (χ0n) is 18.7. The monoisotopic (exact) mass is 454 g/mol. The number of anilines is 1. The lowest BCUT2D eigenvalue weighted by Crippen LogP contribution is -2.47. The van der Waals surface area contributed by atoms with E-state index in [0.29, 0.717) is 24.6 Å². The molecule has 9 nitrogen and oxygen atoms in total. The first kappa shape index (κ1) is 21.5. The van der Waals surface area contributed by atoms with E-state index in [9.17, 15) is 15.3 Å². The van der Waals surface area contributed by atoms with E-state index in [2.05, 4.69) is 9.80 Å². The normalized spacial score (nSPS) is 15.1. The van der Waals surface area contributed by atoms with Crippen LogP contribution in [-0.2, 0) is 6.54 Å². The van der Waals surface area contributed by atoms with Crippen LogP contribution in [0.3, 0.4) is 0 Å². The first-order valence-corrected chi connectivity index (χ1v) is 11.0. The highest BCUT2D eigenvalue weighted by Crippen LogP contribution is 2.33. The number of piperazine rings is 1. The van der Waals surface area contributed by atoms with Gasteiger partial charge in [-0.2, -0.15) is 10.5 Å². The standard InChI is InChI=1S/C25H22N6O3/c1-17-3-2-6-31-23(17)28-24(20(25(31)32)11-19(13-26)14-27)30-9-7-29(8-10-30)15-18-4-5-21-22(12-18)34-16-33-21/h2-6,11-12H,7-10,15-16H2,1H3. The summed E-state index contributed by atoms with van der Waals surface area (Å²) in [6, 6.07) is 13.4. The predicted molar refractivity (Wildman–Crippen MR) is 125 cm³/mol. The molecule has 5 rings (SSSR count). The molecule has 2 aliphatic heterocycles. The number of benzene rings is 1. The molecule has 0 atom stereocenters. The van der Waals surface area contributed by atoms with Crippen LogP contribution in [0, 0.1) is 29.6 Å². The van der Waals surface area contributed by atoms with Gasteiger partial charge in [-0.25, -0.2) is 4.98 Å². The van der Waals surface area contributed by atoms with E-state index in [1.54, 1.807) is 12.3 Å². The van der Waals surface area contributed by atoms with Crippen LogP contribution in [0.1, 0.15) is 16.7 Å². The molecule has 0 amide bonds. The van der Waals surface area contributed by atoms with Crippen LogP contribution in [0.15, 0.2) is 46.9 Å². The fraction of sp³-hybridized carbons (Fsp3) is 0.280. The molecule has 1 aromatic carbocycles. The predicted octanol–water partition coefficient (Wildman–Crippen LogP) is 2.48. The summed E-state index contributed by atoms with van der Waals surface area (Å²) < 4.78 is 12.3. The molecule has 0 saturated carbocycles. The van der Waals surface area contributed by atoms with Crippen LogP contribution < -0.4 is 19.9 Å². The second kappa shape index (κ2) is 8.89. The number of allylic oxidation sites excluding steroid dienone is 1. The van der Waals surface area contributed by atoms with Crippen LogP contribution in [0.25, 0.3) is 11.7 Å². The lowest BCUT2D eigenvalue weighted by atomic mass is 10.1. The zero-order valence-corrected chi connectivity index (χ0v) is 18.7. The van der Waals surface area contributed by atoms with Gasteiger partial charge in [0.25, 0.3) is 5.56 Å². The highest BCUT2D eigenvalue weighted by atomic mass is 16.7. The van der Waals surface area contributed by atoms with Crippen LogP contribution in [0.4, 0.5) is 5.82 Å². The van der Waals surface area contributed by atoms with Gasteiger partial charge in [0.05, 0.1) is 5.56 Å². The third-order valence-corrected chi connectivity index (χ3v) is 6.11. The van der Waals surface area contributed by atoms with Gasteiger partial charge in [0.1, 0.15) is 29.2 Å². The van der Waals surface area contributed by atoms with Crippen molar-refractivity contribution >= 4 is 17.5 Å². The Balaban J connectivity index is 1.42. The first-order valence-electron chi connectivity index (χ1n) is 11.0. The molecule has 1 fully saturated rings. The summed E-state index contributed by atoms with van der Waals surface area (Å²) in [5, 5.41) is 18.5. The molecule has 0 radical (unpaired) electrons. The lowest BCUT2D eigenvalue weighted by Gasteiger charge is -2.36. The van der Waals surface area contributed by atoms with E-state index < -0.39 is 0 Å². The summed E-state index contributed by atoms with van der Waals surface area (Å²) in [6.07, 6.45) is 3.00. The maximum absolute atomic E-state index is 13.3. The minimum absolute atomic E-state index is 0.130. The average molecular weight is 454 g/mol. The van der Waals surface area contributed by atoms with Gasteiger partial charge in [-0.05, 0) is 42.3 Å². The molecule has 0 aliphatic carbocycles. The fourth-order valence-corrected chi connectivity index (χ4v) is 4.32. The van der Waals surface area contributed by atoms with E-state index in [-0.39, 0.29) is 23.5 Å². The molecule has 170 valence electrons. The van der Waals surface area contributed by atoms with Crippen molar-refractivity contribution in [3.8, 4) is 23.6 Å². The van der Waals surface area contributed by atoms with Crippen LogP contribution in [0.2, 0.25) is 0 Å². The first-order chi connectivity index (χ1) is 16.6. The molecular formula is C25H22N6O3. The molecule has 1 saturated heterocycles. The zero-order chi connectivity index (χ0) is 23.7. The SMILES string of the molecule is Cc1cccn2c(=O)c(C=C(C#N)C#N)c(N3CCN(Cc4ccc5c(c4)OCO5)CC3)nc12. The minimum Gasteiger partial charge on any atom is -0.454 e. The molecule has 3 aromatic rings. The molecule has 2 aliphatic rings. The number of aryl methyl sites for hydroxylation is 1. The Bertz CT molecular complexity index is 1420. The molecular weight excluding hydrogens is 432 g/mol. The summed E-state index contributed by atoms with van der Waals surface area (Å²) in [6.45, 7) is 5.80. The Morgan fingerprint density at radius 1 is 1.12 bits per heavy atom. The average Bonchev–Trinajstić information content (AvgIpc) is 3.32. The molecule has 0 unspecified atom stereocenters. The molecule has 0 spiro atoms. The number of fused-ring (bicyclic) bond motifs is 2. The van der Waals surface area contributed by atoms with Crippen molar-refractivity contribution in [3.63, 3.8) is 0 Å². The van der Waals surface area contributed by atoms with Gasteiger partial charge in [0.15, 0.2) is 11.5 Å². The third-order valence-electron chi connectivity index (χ3n) is 6.11. The van der Waals surface area contributed by atoms with E-state index in [1.807, 2.05) is 43.3 Å². The molecule has 0 bridgehead atoms. The van der Waals surface area contributed by atoms with Crippen molar-refractivity contribution in [2.75, 3.05) is 37.9 Å². The van der Waals surface area contributed by atoms with Crippen molar-refractivity contribution in [2.45, 2.75) is 13.5 Å². The van der Waals surface area contributed by atoms with Gasteiger partial charge in [-0.1, -0.05) is 12.1 Å². The number of rotatable bonds is 4. The van der Waals surface area contributed by atoms with Crippen molar-refractivity contribution < 1.29 is 9.47 Å². The van der Waals surface area contributed by atoms with Gasteiger partial charge in [-0.3, -0.25) is 14.1 Å². The van der Waals surface area contributed by atoms with Gasteiger partial charge < -0.3 is 14.4 Å². The number of nitrogens with zero attached hydrogens (tertiary/aromatic N) is 6. The fourth-order valence-electron chi connectivity index (χ4n) is 4.32. The molecule has 4 heterocycles. The van der Waals surface area contributed by atoms with Crippen molar-refractivity contribution in [1.82, 2.24) is 14.3 Å². The number of nitriles is 2. The number of hydrogen-bond donors (Lipinski definition) is 0. The van der Waals surface area contributed by atoms with E-state index in [0.717, 1.165) is 42.3 Å². The molecule has 0 N–H and O–H groups in total. The Morgan fingerprint density at radius 3 is 2.65 bits per heavy atom. The lowest BCUT2D eigenvalue weighted by molar-refractivity contribution is 0.174. The second-order valence-electron chi connectivity index (χ2n) is 8.27. The largest absolute Gasteiger partial charge is 0.454 e. The molecule has 2 aromatic heterocycles. The van der Waals surface area contributed by atoms with Gasteiger partial charge in [-0.15, -0.1) is 0 Å². The maximum atomic E-state index is 13.3. The Morgan fingerprint density at radius 2 is 1.88 bits per heavy atom. The highest BCUT2D eigenvalue weighted by Gasteiger charge is 2.24. The minimum atomic E-state index is -0.297. The van der Waals surface area contributed by atoms with Crippen LogP contribution in [-0.4, -0.2) is 47.3 Å². The Hall–Kier alpha value is -4.34. The van der Waals surface area contributed by atoms with E-state index >= 15 is 0 Å². The molecule has 9 heteroatoms. The smallest absolute Gasteiger partial charge is 0.267 e. The van der Waals surface area contributed by atoms with Crippen molar-refractivity contribution in [1.29, 1.82) is 10.5 Å². The van der Waals surface area contributed by atoms with Gasteiger partial charge in [0, 0.05) is 38.9 Å². The number of pyridine rings is 1. The Labute approximate surface area is 196 Å².